The molecule has 0 bridgehead atoms. The minimum atomic E-state index is 0.0945. The van der Waals surface area contributed by atoms with Gasteiger partial charge in [0.2, 0.25) is 5.91 Å². The largest absolute Gasteiger partial charge is 0.319 e. The van der Waals surface area contributed by atoms with Crippen LogP contribution in [0.3, 0.4) is 0 Å². The maximum Gasteiger partial charge on any atom is 0.233 e. The van der Waals surface area contributed by atoms with Crippen LogP contribution in [-0.2, 0) is 4.79 Å². The standard InChI is InChI=1S/C36H67NO/c1-3-5-6-7-8-9-10-11-12-13-14-15-16-17-18-19-20-21-22-23-24-25-26-27-28-29-30-31-32-35-33-34-37(4-2)36(35)38/h4,31-32,35H,2-3,5-30,33-34H2,1H3. The number of amides is 1. The highest BCUT2D eigenvalue weighted by Crippen LogP contribution is 2.20. The van der Waals surface area contributed by atoms with E-state index < -0.39 is 0 Å². The highest BCUT2D eigenvalue weighted by Gasteiger charge is 2.27. The summed E-state index contributed by atoms with van der Waals surface area (Å²) in [7, 11) is 0. The summed E-state index contributed by atoms with van der Waals surface area (Å²) >= 11 is 0. The van der Waals surface area contributed by atoms with Crippen molar-refractivity contribution in [2.45, 2.75) is 187 Å². The molecule has 1 saturated heterocycles. The molecule has 2 heteroatoms. The van der Waals surface area contributed by atoms with E-state index in [4.69, 9.17) is 0 Å². The fourth-order valence-electron chi connectivity index (χ4n) is 5.92. The third-order valence-corrected chi connectivity index (χ3v) is 8.59. The van der Waals surface area contributed by atoms with Crippen molar-refractivity contribution in [2.24, 2.45) is 5.92 Å². The van der Waals surface area contributed by atoms with E-state index in [0.717, 1.165) is 19.4 Å². The number of unbranched alkanes of at least 4 members (excludes halogenated alkanes) is 26. The Morgan fingerprint density at radius 3 is 1.26 bits per heavy atom. The number of likely N-dealkylation sites (tertiary alicyclic amines) is 1. The van der Waals surface area contributed by atoms with Gasteiger partial charge in [-0.1, -0.05) is 186 Å². The molecule has 1 heterocycles. The first-order valence-corrected chi connectivity index (χ1v) is 17.4. The van der Waals surface area contributed by atoms with E-state index in [1.54, 1.807) is 11.1 Å². The van der Waals surface area contributed by atoms with E-state index in [1.807, 2.05) is 0 Å². The molecule has 1 aliphatic heterocycles. The fourth-order valence-corrected chi connectivity index (χ4v) is 5.92. The molecule has 1 aliphatic rings. The fraction of sp³-hybridized carbons (Fsp3) is 0.861. The maximum absolute atomic E-state index is 12.0. The Kier molecular flexibility index (Phi) is 25.3. The molecular weight excluding hydrogens is 462 g/mol. The van der Waals surface area contributed by atoms with E-state index in [-0.39, 0.29) is 11.8 Å². The van der Waals surface area contributed by atoms with Crippen molar-refractivity contribution < 1.29 is 4.79 Å². The molecule has 0 aliphatic carbocycles. The third kappa shape index (κ3) is 20.9. The quantitative estimate of drug-likeness (QED) is 0.0696. The predicted molar refractivity (Wildman–Crippen MR) is 169 cm³/mol. The molecule has 1 unspecified atom stereocenters. The van der Waals surface area contributed by atoms with Crippen molar-refractivity contribution >= 4 is 5.91 Å². The first-order valence-electron chi connectivity index (χ1n) is 17.4. The molecule has 0 spiro atoms. The molecule has 1 fully saturated rings. The predicted octanol–water partition coefficient (Wildman–Crippen LogP) is 12.1. The van der Waals surface area contributed by atoms with Gasteiger partial charge in [0.05, 0.1) is 5.92 Å². The number of nitrogens with zero attached hydrogens (tertiary/aromatic N) is 1. The molecule has 0 aromatic rings. The molecule has 38 heavy (non-hydrogen) atoms. The minimum absolute atomic E-state index is 0.0945. The Bertz CT molecular complexity index is 554. The van der Waals surface area contributed by atoms with Gasteiger partial charge >= 0.3 is 0 Å². The Morgan fingerprint density at radius 2 is 0.947 bits per heavy atom. The van der Waals surface area contributed by atoms with Crippen LogP contribution in [0.25, 0.3) is 0 Å². The van der Waals surface area contributed by atoms with Crippen LogP contribution in [0.5, 0.6) is 0 Å². The van der Waals surface area contributed by atoms with Crippen molar-refractivity contribution in [1.29, 1.82) is 0 Å². The van der Waals surface area contributed by atoms with Gasteiger partial charge in [0, 0.05) is 6.54 Å². The Labute approximate surface area is 239 Å². The summed E-state index contributed by atoms with van der Waals surface area (Å²) in [6.07, 6.45) is 45.6. The van der Waals surface area contributed by atoms with Crippen molar-refractivity contribution in [3.63, 3.8) is 0 Å². The lowest BCUT2D eigenvalue weighted by molar-refractivity contribution is -0.127. The van der Waals surface area contributed by atoms with Crippen LogP contribution in [0.4, 0.5) is 0 Å². The Balaban J connectivity index is 1.68. The molecule has 1 atom stereocenters. The molecule has 0 N–H and O–H groups in total. The molecule has 0 aromatic carbocycles. The summed E-state index contributed by atoms with van der Waals surface area (Å²) in [4.78, 5) is 13.8. The summed E-state index contributed by atoms with van der Waals surface area (Å²) in [5.41, 5.74) is 0. The molecule has 222 valence electrons. The third-order valence-electron chi connectivity index (χ3n) is 8.59. The van der Waals surface area contributed by atoms with Gasteiger partial charge in [0.15, 0.2) is 0 Å². The average molecular weight is 530 g/mol. The van der Waals surface area contributed by atoms with Crippen molar-refractivity contribution in [3.05, 3.63) is 24.9 Å². The molecule has 1 amide bonds. The second kappa shape index (κ2) is 27.5. The van der Waals surface area contributed by atoms with E-state index in [2.05, 4.69) is 25.7 Å². The molecule has 0 radical (unpaired) electrons. The Hall–Kier alpha value is -1.05. The lowest BCUT2D eigenvalue weighted by Gasteiger charge is -2.08. The SMILES string of the molecule is C=CN1CCC(C=CCCCCCCCCCCCCCCCCCCCCCCCCCCCC)C1=O. The van der Waals surface area contributed by atoms with Gasteiger partial charge in [-0.05, 0) is 25.5 Å². The zero-order valence-electron chi connectivity index (χ0n) is 25.9. The maximum atomic E-state index is 12.0. The number of rotatable bonds is 29. The van der Waals surface area contributed by atoms with Crippen LogP contribution in [0.2, 0.25) is 0 Å². The zero-order chi connectivity index (χ0) is 27.4. The zero-order valence-corrected chi connectivity index (χ0v) is 25.9. The van der Waals surface area contributed by atoms with E-state index in [1.165, 1.54) is 167 Å². The first-order chi connectivity index (χ1) is 18.8. The molecule has 0 saturated carbocycles. The van der Waals surface area contributed by atoms with E-state index in [0.29, 0.717) is 0 Å². The number of allylic oxidation sites excluding steroid dienone is 1. The normalized spacial score (nSPS) is 15.8. The first kappa shape index (κ1) is 35.0. The molecule has 1 rings (SSSR count). The summed E-state index contributed by atoms with van der Waals surface area (Å²) in [6, 6.07) is 0. The summed E-state index contributed by atoms with van der Waals surface area (Å²) < 4.78 is 0. The van der Waals surface area contributed by atoms with Gasteiger partial charge in [-0.15, -0.1) is 0 Å². The number of hydrogen-bond donors (Lipinski definition) is 0. The van der Waals surface area contributed by atoms with Crippen molar-refractivity contribution in [3.8, 4) is 0 Å². The van der Waals surface area contributed by atoms with Crippen molar-refractivity contribution in [1.82, 2.24) is 4.90 Å². The van der Waals surface area contributed by atoms with Crippen LogP contribution in [0.1, 0.15) is 187 Å². The van der Waals surface area contributed by atoms with Crippen LogP contribution >= 0.6 is 0 Å². The monoisotopic (exact) mass is 530 g/mol. The smallest absolute Gasteiger partial charge is 0.233 e. The summed E-state index contributed by atoms with van der Waals surface area (Å²) in [6.45, 7) is 6.84. The van der Waals surface area contributed by atoms with E-state index in [9.17, 15) is 4.79 Å². The van der Waals surface area contributed by atoms with Gasteiger partial charge < -0.3 is 4.90 Å². The highest BCUT2D eigenvalue weighted by atomic mass is 16.2. The number of carbonyl (C=O) groups is 1. The van der Waals surface area contributed by atoms with Crippen LogP contribution in [0, 0.1) is 5.92 Å². The average Bonchev–Trinajstić information content (AvgIpc) is 3.29. The van der Waals surface area contributed by atoms with Crippen molar-refractivity contribution in [2.75, 3.05) is 6.54 Å². The van der Waals surface area contributed by atoms with E-state index >= 15 is 0 Å². The lowest BCUT2D eigenvalue weighted by atomic mass is 10.0. The van der Waals surface area contributed by atoms with Gasteiger partial charge in [-0.2, -0.15) is 0 Å². The minimum Gasteiger partial charge on any atom is -0.319 e. The second-order valence-electron chi connectivity index (χ2n) is 12.2. The lowest BCUT2D eigenvalue weighted by Crippen LogP contribution is -2.20. The molecule has 2 nitrogen and oxygen atoms in total. The topological polar surface area (TPSA) is 20.3 Å². The highest BCUT2D eigenvalue weighted by molar-refractivity contribution is 5.83. The van der Waals surface area contributed by atoms with Gasteiger partial charge in [0.1, 0.15) is 0 Å². The summed E-state index contributed by atoms with van der Waals surface area (Å²) in [5.74, 6) is 0.318. The van der Waals surface area contributed by atoms with Gasteiger partial charge in [0.25, 0.3) is 0 Å². The molecular formula is C36H67NO. The van der Waals surface area contributed by atoms with Crippen LogP contribution < -0.4 is 0 Å². The second-order valence-corrected chi connectivity index (χ2v) is 12.2. The Morgan fingerprint density at radius 1 is 0.605 bits per heavy atom. The van der Waals surface area contributed by atoms with Gasteiger partial charge in [-0.25, -0.2) is 0 Å². The van der Waals surface area contributed by atoms with Crippen LogP contribution in [-0.4, -0.2) is 17.4 Å². The number of carbonyl (C=O) groups excluding carboxylic acids is 1. The van der Waals surface area contributed by atoms with Gasteiger partial charge in [-0.3, -0.25) is 4.79 Å². The number of hydrogen-bond acceptors (Lipinski definition) is 1. The molecule has 0 aromatic heterocycles. The van der Waals surface area contributed by atoms with Crippen LogP contribution in [0.15, 0.2) is 24.9 Å². The summed E-state index contributed by atoms with van der Waals surface area (Å²) in [5, 5.41) is 0.